The molecule has 1 unspecified atom stereocenters. The van der Waals surface area contributed by atoms with Crippen LogP contribution in [0.15, 0.2) is 18.2 Å². The lowest BCUT2D eigenvalue weighted by molar-refractivity contribution is 0.0998. The summed E-state index contributed by atoms with van der Waals surface area (Å²) in [5.41, 5.74) is 3.02. The van der Waals surface area contributed by atoms with Crippen LogP contribution in [-0.4, -0.2) is 11.2 Å². The van der Waals surface area contributed by atoms with E-state index in [4.69, 9.17) is 11.6 Å². The van der Waals surface area contributed by atoms with E-state index in [1.807, 2.05) is 25.1 Å². The van der Waals surface area contributed by atoms with Crippen molar-refractivity contribution < 1.29 is 4.79 Å². The van der Waals surface area contributed by atoms with Gasteiger partial charge < -0.3 is 0 Å². The van der Waals surface area contributed by atoms with Crippen molar-refractivity contribution in [3.8, 4) is 0 Å². The fraction of sp³-hybridized carbons (Fsp3) is 0.300. The minimum Gasteiger partial charge on any atom is -0.292 e. The van der Waals surface area contributed by atoms with Crippen LogP contribution >= 0.6 is 11.6 Å². The highest BCUT2D eigenvalue weighted by molar-refractivity contribution is 6.35. The van der Waals surface area contributed by atoms with Gasteiger partial charge >= 0.3 is 0 Å². The summed E-state index contributed by atoms with van der Waals surface area (Å²) in [5, 5.41) is -0.332. The number of rotatable bonds is 0. The van der Waals surface area contributed by atoms with Crippen molar-refractivity contribution in [3.05, 3.63) is 34.9 Å². The van der Waals surface area contributed by atoms with Gasteiger partial charge in [0.25, 0.3) is 0 Å². The molecule has 12 heavy (non-hydrogen) atoms. The lowest BCUT2D eigenvalue weighted by Gasteiger charge is -1.97. The van der Waals surface area contributed by atoms with Crippen molar-refractivity contribution in [1.29, 1.82) is 0 Å². The summed E-state index contributed by atoms with van der Waals surface area (Å²) in [4.78, 5) is 11.4. The first-order valence-corrected chi connectivity index (χ1v) is 4.40. The number of fused-ring (bicyclic) bond motifs is 1. The largest absolute Gasteiger partial charge is 0.292 e. The molecule has 0 aliphatic heterocycles. The Hall–Kier alpha value is -0.820. The molecule has 1 atom stereocenters. The molecule has 0 saturated carbocycles. The number of carbonyl (C=O) groups is 1. The maximum Gasteiger partial charge on any atom is 0.181 e. The van der Waals surface area contributed by atoms with E-state index < -0.39 is 0 Å². The first kappa shape index (κ1) is 7.81. The van der Waals surface area contributed by atoms with Crippen LogP contribution in [0.5, 0.6) is 0 Å². The Morgan fingerprint density at radius 2 is 2.25 bits per heavy atom. The Kier molecular flexibility index (Phi) is 1.69. The molecule has 0 radical (unpaired) electrons. The van der Waals surface area contributed by atoms with Gasteiger partial charge in [0.05, 0.1) is 0 Å². The summed E-state index contributed by atoms with van der Waals surface area (Å²) in [6.45, 7) is 1.98. The monoisotopic (exact) mass is 180 g/mol. The average Bonchev–Trinajstić information content (AvgIpc) is 2.31. The molecular formula is C10H9ClO. The first-order valence-electron chi connectivity index (χ1n) is 3.96. The summed E-state index contributed by atoms with van der Waals surface area (Å²) in [6, 6.07) is 5.92. The molecule has 1 aliphatic rings. The summed E-state index contributed by atoms with van der Waals surface area (Å²) >= 11 is 5.83. The van der Waals surface area contributed by atoms with Crippen LogP contribution in [0.1, 0.15) is 21.5 Å². The Bertz CT molecular complexity index is 344. The normalized spacial score (nSPS) is 21.2. The molecule has 0 heterocycles. The Morgan fingerprint density at radius 3 is 3.00 bits per heavy atom. The maximum absolute atomic E-state index is 11.4. The van der Waals surface area contributed by atoms with E-state index in [0.29, 0.717) is 6.42 Å². The summed E-state index contributed by atoms with van der Waals surface area (Å²) in [7, 11) is 0. The molecule has 0 spiro atoms. The number of carbonyl (C=O) groups excluding carboxylic acids is 1. The third-order valence-electron chi connectivity index (χ3n) is 2.21. The maximum atomic E-state index is 11.4. The van der Waals surface area contributed by atoms with Crippen molar-refractivity contribution in [2.24, 2.45) is 0 Å². The Balaban J connectivity index is 2.56. The molecule has 0 amide bonds. The van der Waals surface area contributed by atoms with Crippen LogP contribution in [-0.2, 0) is 6.42 Å². The highest BCUT2D eigenvalue weighted by Gasteiger charge is 2.28. The van der Waals surface area contributed by atoms with Gasteiger partial charge in [-0.3, -0.25) is 4.79 Å². The number of benzene rings is 1. The molecule has 0 saturated heterocycles. The zero-order valence-electron chi connectivity index (χ0n) is 6.80. The average molecular weight is 181 g/mol. The fourth-order valence-corrected chi connectivity index (χ4v) is 1.84. The van der Waals surface area contributed by atoms with Crippen LogP contribution in [0.2, 0.25) is 0 Å². The minimum absolute atomic E-state index is 0.0790. The van der Waals surface area contributed by atoms with Crippen LogP contribution in [0.25, 0.3) is 0 Å². The molecule has 1 aromatic carbocycles. The topological polar surface area (TPSA) is 17.1 Å². The number of alkyl halides is 1. The number of ketones is 1. The second kappa shape index (κ2) is 2.60. The molecule has 62 valence electrons. The molecule has 1 nitrogen and oxygen atoms in total. The van der Waals surface area contributed by atoms with Crippen LogP contribution in [0.4, 0.5) is 0 Å². The fourth-order valence-electron chi connectivity index (χ4n) is 1.55. The van der Waals surface area contributed by atoms with E-state index in [1.54, 1.807) is 0 Å². The highest BCUT2D eigenvalue weighted by atomic mass is 35.5. The number of aryl methyl sites for hydroxylation is 1. The van der Waals surface area contributed by atoms with Gasteiger partial charge in [-0.05, 0) is 25.0 Å². The molecule has 1 aromatic rings. The molecular weight excluding hydrogens is 172 g/mol. The van der Waals surface area contributed by atoms with Gasteiger partial charge in [-0.2, -0.15) is 0 Å². The van der Waals surface area contributed by atoms with Gasteiger partial charge in [-0.15, -0.1) is 11.6 Å². The zero-order valence-corrected chi connectivity index (χ0v) is 7.56. The molecule has 1 aliphatic carbocycles. The van der Waals surface area contributed by atoms with Crippen LogP contribution in [0.3, 0.4) is 0 Å². The van der Waals surface area contributed by atoms with Crippen molar-refractivity contribution >= 4 is 17.4 Å². The van der Waals surface area contributed by atoms with E-state index in [0.717, 1.165) is 16.7 Å². The Morgan fingerprint density at radius 1 is 1.50 bits per heavy atom. The van der Waals surface area contributed by atoms with E-state index in [2.05, 4.69) is 0 Å². The summed E-state index contributed by atoms with van der Waals surface area (Å²) in [6.07, 6.45) is 0.690. The number of halogens is 1. The van der Waals surface area contributed by atoms with Crippen molar-refractivity contribution in [2.75, 3.05) is 0 Å². The van der Waals surface area contributed by atoms with Gasteiger partial charge in [-0.25, -0.2) is 0 Å². The highest BCUT2D eigenvalue weighted by Crippen LogP contribution is 2.26. The second-order valence-electron chi connectivity index (χ2n) is 3.20. The smallest absolute Gasteiger partial charge is 0.181 e. The molecule has 0 bridgehead atoms. The quantitative estimate of drug-likeness (QED) is 0.561. The van der Waals surface area contributed by atoms with E-state index in [-0.39, 0.29) is 11.2 Å². The third kappa shape index (κ3) is 1.05. The minimum atomic E-state index is -0.332. The van der Waals surface area contributed by atoms with Crippen LogP contribution < -0.4 is 0 Å². The molecule has 0 aromatic heterocycles. The predicted molar refractivity (Wildman–Crippen MR) is 48.9 cm³/mol. The van der Waals surface area contributed by atoms with Gasteiger partial charge in [0.15, 0.2) is 5.78 Å². The third-order valence-corrected chi connectivity index (χ3v) is 2.57. The number of hydrogen-bond acceptors (Lipinski definition) is 1. The molecule has 0 fully saturated rings. The number of hydrogen-bond donors (Lipinski definition) is 0. The standard InChI is InChI=1S/C10H9ClO/c1-6-2-3-7-5-9(11)10(12)8(7)4-6/h2-4,9H,5H2,1H3. The lowest BCUT2D eigenvalue weighted by Crippen LogP contribution is -2.06. The first-order chi connectivity index (χ1) is 5.68. The van der Waals surface area contributed by atoms with Crippen molar-refractivity contribution in [2.45, 2.75) is 18.7 Å². The van der Waals surface area contributed by atoms with E-state index >= 15 is 0 Å². The van der Waals surface area contributed by atoms with Crippen molar-refractivity contribution in [3.63, 3.8) is 0 Å². The molecule has 2 rings (SSSR count). The van der Waals surface area contributed by atoms with Crippen LogP contribution in [0, 0.1) is 6.92 Å². The Labute approximate surface area is 76.4 Å². The summed E-state index contributed by atoms with van der Waals surface area (Å²) < 4.78 is 0. The zero-order chi connectivity index (χ0) is 8.72. The van der Waals surface area contributed by atoms with E-state index in [1.165, 1.54) is 0 Å². The summed E-state index contributed by atoms with van der Waals surface area (Å²) in [5.74, 6) is 0.0790. The molecule has 2 heteroatoms. The molecule has 0 N–H and O–H groups in total. The van der Waals surface area contributed by atoms with Gasteiger partial charge in [0, 0.05) is 5.56 Å². The van der Waals surface area contributed by atoms with Gasteiger partial charge in [0.2, 0.25) is 0 Å². The van der Waals surface area contributed by atoms with Gasteiger partial charge in [0.1, 0.15) is 5.38 Å². The lowest BCUT2D eigenvalue weighted by atomic mass is 10.1. The second-order valence-corrected chi connectivity index (χ2v) is 3.72. The number of Topliss-reactive ketones (excluding diaryl/α,β-unsaturated/α-hetero) is 1. The van der Waals surface area contributed by atoms with Crippen molar-refractivity contribution in [1.82, 2.24) is 0 Å². The predicted octanol–water partition coefficient (Wildman–Crippen LogP) is 2.34. The van der Waals surface area contributed by atoms with E-state index in [9.17, 15) is 4.79 Å². The SMILES string of the molecule is Cc1ccc2c(c1)C(=O)C(Cl)C2. The van der Waals surface area contributed by atoms with Gasteiger partial charge in [-0.1, -0.05) is 17.7 Å².